The Morgan fingerprint density at radius 3 is 2.33 bits per heavy atom. The zero-order valence-corrected chi connectivity index (χ0v) is 19.3. The van der Waals surface area contributed by atoms with E-state index in [1.807, 2.05) is 0 Å². The molecule has 9 nitrogen and oxygen atoms in total. The number of carbonyl (C=O) groups is 1. The first kappa shape index (κ1) is 26.5. The highest BCUT2D eigenvalue weighted by Crippen LogP contribution is 2.27. The van der Waals surface area contributed by atoms with Crippen molar-refractivity contribution in [3.63, 3.8) is 0 Å². The van der Waals surface area contributed by atoms with E-state index >= 15 is 0 Å². The number of hydrogen-bond acceptors (Lipinski definition) is 5. The Balaban J connectivity index is 2.64. The highest BCUT2D eigenvalue weighted by Gasteiger charge is 2.35. The monoisotopic (exact) mass is 514 g/mol. The summed E-state index contributed by atoms with van der Waals surface area (Å²) in [6.07, 6.45) is -4.61. The molecular formula is C18H19ClF4N4O5S. The van der Waals surface area contributed by atoms with Gasteiger partial charge in [0.2, 0.25) is 0 Å². The number of rotatable bonds is 6. The van der Waals surface area contributed by atoms with Crippen LogP contribution < -0.4 is 16.0 Å². The van der Waals surface area contributed by atoms with Gasteiger partial charge in [0.1, 0.15) is 11.5 Å². The van der Waals surface area contributed by atoms with Gasteiger partial charge < -0.3 is 0 Å². The Bertz CT molecular complexity index is 1320. The van der Waals surface area contributed by atoms with E-state index in [0.29, 0.717) is 18.6 Å². The zero-order chi connectivity index (χ0) is 25.5. The molecule has 182 valence electrons. The summed E-state index contributed by atoms with van der Waals surface area (Å²) in [4.78, 5) is 37.2. The number of halogens is 5. The van der Waals surface area contributed by atoms with Gasteiger partial charge in [0, 0.05) is 26.2 Å². The minimum Gasteiger partial charge on any atom is -0.292 e. The highest BCUT2D eigenvalue weighted by molar-refractivity contribution is 7.87. The van der Waals surface area contributed by atoms with Crippen LogP contribution in [0.4, 0.5) is 17.6 Å². The fourth-order valence-electron chi connectivity index (χ4n) is 2.74. The van der Waals surface area contributed by atoms with Gasteiger partial charge in [-0.25, -0.2) is 18.5 Å². The summed E-state index contributed by atoms with van der Waals surface area (Å²) in [5, 5.41) is -0.563. The van der Waals surface area contributed by atoms with Crippen LogP contribution in [0.15, 0.2) is 27.8 Å². The lowest BCUT2D eigenvalue weighted by Crippen LogP contribution is -2.45. The number of nitrogens with zero attached hydrogens (tertiary/aromatic N) is 3. The maximum absolute atomic E-state index is 14.6. The molecule has 0 saturated heterocycles. The number of nitrogens with one attached hydrogen (secondary N) is 1. The van der Waals surface area contributed by atoms with E-state index in [-0.39, 0.29) is 15.2 Å². The average Bonchev–Trinajstić information content (AvgIpc) is 2.69. The van der Waals surface area contributed by atoms with Crippen LogP contribution in [0.2, 0.25) is 5.02 Å². The molecule has 1 N–H and O–H groups in total. The molecule has 0 aliphatic heterocycles. The Morgan fingerprint density at radius 2 is 1.82 bits per heavy atom. The number of hydrogen-bond donors (Lipinski definition) is 1. The van der Waals surface area contributed by atoms with E-state index in [0.717, 1.165) is 11.4 Å². The predicted molar refractivity (Wildman–Crippen MR) is 111 cm³/mol. The molecular weight excluding hydrogens is 496 g/mol. The van der Waals surface area contributed by atoms with Crippen LogP contribution in [0.1, 0.15) is 36.3 Å². The van der Waals surface area contributed by atoms with E-state index in [4.69, 9.17) is 11.6 Å². The molecule has 1 aromatic heterocycles. The number of carbonyl (C=O) groups excluding carboxylic acids is 1. The van der Waals surface area contributed by atoms with Crippen molar-refractivity contribution >= 4 is 27.7 Å². The van der Waals surface area contributed by atoms with Gasteiger partial charge in [0.25, 0.3) is 11.5 Å². The first-order valence-electron chi connectivity index (χ1n) is 9.22. The summed E-state index contributed by atoms with van der Waals surface area (Å²) >= 11 is 5.85. The van der Waals surface area contributed by atoms with E-state index in [9.17, 15) is 40.4 Å². The molecule has 0 fully saturated rings. The maximum Gasteiger partial charge on any atom is 0.431 e. The van der Waals surface area contributed by atoms with Crippen molar-refractivity contribution in [3.8, 4) is 5.69 Å². The fraction of sp³-hybridized carbons (Fsp3) is 0.389. The molecule has 0 saturated carbocycles. The number of amides is 1. The lowest BCUT2D eigenvalue weighted by molar-refractivity contribution is -0.144. The second-order valence-corrected chi connectivity index (χ2v) is 9.17. The molecule has 0 radical (unpaired) electrons. The molecule has 0 bridgehead atoms. The molecule has 0 aliphatic carbocycles. The summed E-state index contributed by atoms with van der Waals surface area (Å²) < 4.78 is 81.2. The molecule has 33 heavy (non-hydrogen) atoms. The molecule has 1 atom stereocenters. The fourth-order valence-corrected chi connectivity index (χ4v) is 4.09. The van der Waals surface area contributed by atoms with Crippen LogP contribution >= 0.6 is 11.6 Å². The standard InChI is InChI=1S/C18H19ClF4N4O5S/c1-5-9(2)26(4)33(31,32)24-16(29)10-6-13(12(20)7-11(10)19)27-15(28)8-14(18(21,22)23)25(3)17(27)30/h6-9H,5H2,1-4H3,(H,24,29). The van der Waals surface area contributed by atoms with Crippen LogP contribution in [-0.2, 0) is 23.4 Å². The van der Waals surface area contributed by atoms with Crippen LogP contribution in [0.3, 0.4) is 0 Å². The van der Waals surface area contributed by atoms with Crippen molar-refractivity contribution in [2.45, 2.75) is 32.5 Å². The summed E-state index contributed by atoms with van der Waals surface area (Å²) in [5.41, 5.74) is -6.17. The van der Waals surface area contributed by atoms with Gasteiger partial charge in [0.05, 0.1) is 16.3 Å². The van der Waals surface area contributed by atoms with Crippen molar-refractivity contribution in [2.24, 2.45) is 7.05 Å². The van der Waals surface area contributed by atoms with Crippen molar-refractivity contribution in [1.82, 2.24) is 18.2 Å². The molecule has 1 amide bonds. The maximum atomic E-state index is 14.6. The van der Waals surface area contributed by atoms with Gasteiger partial charge in [-0.05, 0) is 25.5 Å². The van der Waals surface area contributed by atoms with Gasteiger partial charge in [-0.1, -0.05) is 18.5 Å². The van der Waals surface area contributed by atoms with Crippen molar-refractivity contribution in [1.29, 1.82) is 0 Å². The van der Waals surface area contributed by atoms with Crippen LogP contribution in [-0.4, -0.2) is 40.9 Å². The van der Waals surface area contributed by atoms with Crippen LogP contribution in [0.25, 0.3) is 5.69 Å². The van der Waals surface area contributed by atoms with Gasteiger partial charge in [-0.3, -0.25) is 14.2 Å². The van der Waals surface area contributed by atoms with Crippen molar-refractivity contribution in [2.75, 3.05) is 7.05 Å². The molecule has 1 aromatic carbocycles. The minimum absolute atomic E-state index is 0.0669. The molecule has 1 unspecified atom stereocenters. The Morgan fingerprint density at radius 1 is 1.24 bits per heavy atom. The van der Waals surface area contributed by atoms with Crippen LogP contribution in [0, 0.1) is 5.82 Å². The summed E-state index contributed by atoms with van der Waals surface area (Å²) in [5.74, 6) is -2.62. The molecule has 15 heteroatoms. The number of aromatic nitrogens is 2. The van der Waals surface area contributed by atoms with E-state index in [1.165, 1.54) is 7.05 Å². The minimum atomic E-state index is -5.04. The lowest BCUT2D eigenvalue weighted by Gasteiger charge is -2.23. The summed E-state index contributed by atoms with van der Waals surface area (Å²) in [7, 11) is -2.41. The topological polar surface area (TPSA) is 110 Å². The van der Waals surface area contributed by atoms with Gasteiger partial charge in [0.15, 0.2) is 0 Å². The van der Waals surface area contributed by atoms with Gasteiger partial charge in [-0.15, -0.1) is 0 Å². The Labute approximate surface area is 190 Å². The van der Waals surface area contributed by atoms with E-state index in [2.05, 4.69) is 0 Å². The molecule has 2 rings (SSSR count). The SMILES string of the molecule is CCC(C)N(C)S(=O)(=O)NC(=O)c1cc(-n2c(=O)cc(C(F)(F)F)n(C)c2=O)c(F)cc1Cl. The third kappa shape index (κ3) is 5.28. The molecule has 0 spiro atoms. The average molecular weight is 515 g/mol. The quantitative estimate of drug-likeness (QED) is 0.593. The lowest BCUT2D eigenvalue weighted by atomic mass is 10.1. The largest absolute Gasteiger partial charge is 0.431 e. The summed E-state index contributed by atoms with van der Waals surface area (Å²) in [6, 6.07) is 0.728. The smallest absolute Gasteiger partial charge is 0.292 e. The molecule has 1 heterocycles. The number of benzene rings is 1. The second-order valence-electron chi connectivity index (χ2n) is 7.04. The molecule has 0 aliphatic rings. The normalized spacial score (nSPS) is 13.3. The highest BCUT2D eigenvalue weighted by atomic mass is 35.5. The van der Waals surface area contributed by atoms with Gasteiger partial charge in [-0.2, -0.15) is 25.9 Å². The Kier molecular flexibility index (Phi) is 7.45. The predicted octanol–water partition coefficient (Wildman–Crippen LogP) is 2.05. The second kappa shape index (κ2) is 9.27. The summed E-state index contributed by atoms with van der Waals surface area (Å²) in [6.45, 7) is 3.30. The number of alkyl halides is 3. The molecule has 2 aromatic rings. The Hall–Kier alpha value is -2.71. The van der Waals surface area contributed by atoms with Crippen molar-refractivity contribution in [3.05, 3.63) is 61.1 Å². The van der Waals surface area contributed by atoms with Crippen LogP contribution in [0.5, 0.6) is 0 Å². The van der Waals surface area contributed by atoms with Crippen molar-refractivity contribution < 1.29 is 30.8 Å². The third-order valence-corrected chi connectivity index (χ3v) is 6.82. The zero-order valence-electron chi connectivity index (χ0n) is 17.7. The first-order chi connectivity index (χ1) is 15.0. The van der Waals surface area contributed by atoms with E-state index < -0.39 is 67.4 Å². The third-order valence-electron chi connectivity index (χ3n) is 4.94. The van der Waals surface area contributed by atoms with Gasteiger partial charge >= 0.3 is 22.1 Å². The van der Waals surface area contributed by atoms with E-state index in [1.54, 1.807) is 18.6 Å². The first-order valence-corrected chi connectivity index (χ1v) is 11.0.